The molecule has 74 valence electrons. The van der Waals surface area contributed by atoms with Gasteiger partial charge in [-0.3, -0.25) is 0 Å². The van der Waals surface area contributed by atoms with Crippen LogP contribution in [0.4, 0.5) is 0 Å². The van der Waals surface area contributed by atoms with Crippen LogP contribution in [-0.4, -0.2) is 23.3 Å². The monoisotopic (exact) mass is 199 g/mol. The number of rotatable bonds is 5. The molecule has 0 aliphatic rings. The Hall–Kier alpha value is -0.480. The molecule has 0 saturated carbocycles. The third-order valence-electron chi connectivity index (χ3n) is 1.74. The van der Waals surface area contributed by atoms with E-state index in [9.17, 15) is 0 Å². The molecule has 0 saturated heterocycles. The summed E-state index contributed by atoms with van der Waals surface area (Å²) in [6.07, 6.45) is 0.998. The number of likely N-dealkylation sites (N-methyl/N-ethyl adjacent to an activating group) is 1. The van der Waals surface area contributed by atoms with E-state index in [2.05, 4.69) is 36.3 Å². The molecule has 0 aliphatic carbocycles. The highest BCUT2D eigenvalue weighted by Gasteiger charge is 2.06. The Morgan fingerprint density at radius 3 is 2.69 bits per heavy atom. The summed E-state index contributed by atoms with van der Waals surface area (Å²) in [7, 11) is 0. The number of nitrogens with one attached hydrogen (secondary N) is 1. The molecule has 1 aromatic heterocycles. The quantitative estimate of drug-likeness (QED) is 0.735. The zero-order valence-electron chi connectivity index (χ0n) is 8.50. The molecular formula is C9H17N3S. The lowest BCUT2D eigenvalue weighted by molar-refractivity contribution is 0.709. The number of aromatic nitrogens is 2. The van der Waals surface area contributed by atoms with E-state index in [0.29, 0.717) is 5.92 Å². The van der Waals surface area contributed by atoms with Crippen molar-refractivity contribution in [2.75, 3.05) is 13.1 Å². The van der Waals surface area contributed by atoms with Gasteiger partial charge >= 0.3 is 0 Å². The second kappa shape index (κ2) is 5.29. The van der Waals surface area contributed by atoms with Crippen molar-refractivity contribution in [2.24, 2.45) is 0 Å². The van der Waals surface area contributed by atoms with Crippen LogP contribution in [0.25, 0.3) is 0 Å². The lowest BCUT2D eigenvalue weighted by atomic mass is 10.2. The zero-order valence-corrected chi connectivity index (χ0v) is 9.32. The van der Waals surface area contributed by atoms with Gasteiger partial charge in [-0.15, -0.1) is 21.5 Å². The van der Waals surface area contributed by atoms with Gasteiger partial charge < -0.3 is 5.32 Å². The molecule has 0 aromatic carbocycles. The van der Waals surface area contributed by atoms with Crippen molar-refractivity contribution in [1.82, 2.24) is 15.5 Å². The van der Waals surface area contributed by atoms with E-state index in [1.54, 1.807) is 11.3 Å². The summed E-state index contributed by atoms with van der Waals surface area (Å²) in [6.45, 7) is 8.43. The average Bonchev–Trinajstić information content (AvgIpc) is 2.53. The van der Waals surface area contributed by atoms with Gasteiger partial charge in [-0.05, 0) is 6.54 Å². The van der Waals surface area contributed by atoms with E-state index in [-0.39, 0.29) is 0 Å². The van der Waals surface area contributed by atoms with Crippen LogP contribution in [0.1, 0.15) is 36.7 Å². The Morgan fingerprint density at radius 1 is 1.38 bits per heavy atom. The summed E-state index contributed by atoms with van der Waals surface area (Å²) < 4.78 is 0. The summed E-state index contributed by atoms with van der Waals surface area (Å²) in [4.78, 5) is 0. The smallest absolute Gasteiger partial charge is 0.119 e. The van der Waals surface area contributed by atoms with Crippen LogP contribution in [0, 0.1) is 0 Å². The first-order chi connectivity index (χ1) is 6.24. The normalized spacial score (nSPS) is 11.1. The molecule has 0 radical (unpaired) electrons. The second-order valence-electron chi connectivity index (χ2n) is 3.29. The third-order valence-corrected chi connectivity index (χ3v) is 3.03. The topological polar surface area (TPSA) is 37.8 Å². The maximum atomic E-state index is 4.14. The molecule has 1 rings (SSSR count). The van der Waals surface area contributed by atoms with Crippen LogP contribution >= 0.6 is 11.3 Å². The first kappa shape index (κ1) is 10.6. The van der Waals surface area contributed by atoms with Gasteiger partial charge in [0.05, 0.1) is 0 Å². The maximum absolute atomic E-state index is 4.14. The van der Waals surface area contributed by atoms with Crippen molar-refractivity contribution >= 4 is 11.3 Å². The van der Waals surface area contributed by atoms with Gasteiger partial charge in [0.1, 0.15) is 10.0 Å². The number of hydrogen-bond donors (Lipinski definition) is 1. The van der Waals surface area contributed by atoms with Gasteiger partial charge in [-0.25, -0.2) is 0 Å². The summed E-state index contributed by atoms with van der Waals surface area (Å²) in [5.41, 5.74) is 0. The fraction of sp³-hybridized carbons (Fsp3) is 0.778. The van der Waals surface area contributed by atoms with Crippen LogP contribution in [0.2, 0.25) is 0 Å². The zero-order chi connectivity index (χ0) is 9.68. The molecule has 4 heteroatoms. The minimum atomic E-state index is 0.505. The van der Waals surface area contributed by atoms with E-state index >= 15 is 0 Å². The standard InChI is InChI=1S/C9H17N3S/c1-4-10-6-5-8-11-12-9(13-8)7(2)3/h7,10H,4-6H2,1-3H3. The van der Waals surface area contributed by atoms with Crippen molar-refractivity contribution in [3.63, 3.8) is 0 Å². The molecule has 1 heterocycles. The Labute approximate surface area is 83.6 Å². The van der Waals surface area contributed by atoms with Crippen LogP contribution < -0.4 is 5.32 Å². The molecule has 0 fully saturated rings. The van der Waals surface area contributed by atoms with Gasteiger partial charge in [0, 0.05) is 18.9 Å². The third kappa shape index (κ3) is 3.40. The van der Waals surface area contributed by atoms with Gasteiger partial charge in [0.25, 0.3) is 0 Å². The second-order valence-corrected chi connectivity index (χ2v) is 4.39. The highest BCUT2D eigenvalue weighted by Crippen LogP contribution is 2.18. The molecule has 0 aliphatic heterocycles. The van der Waals surface area contributed by atoms with Crippen molar-refractivity contribution in [2.45, 2.75) is 33.1 Å². The van der Waals surface area contributed by atoms with E-state index < -0.39 is 0 Å². The van der Waals surface area contributed by atoms with Crippen molar-refractivity contribution in [3.05, 3.63) is 10.0 Å². The molecule has 0 bridgehead atoms. The SMILES string of the molecule is CCNCCc1nnc(C(C)C)s1. The Balaban J connectivity index is 2.40. The Kier molecular flexibility index (Phi) is 4.32. The molecule has 1 aromatic rings. The fourth-order valence-electron chi connectivity index (χ4n) is 0.973. The summed E-state index contributed by atoms with van der Waals surface area (Å²) in [5.74, 6) is 0.505. The molecule has 13 heavy (non-hydrogen) atoms. The minimum absolute atomic E-state index is 0.505. The van der Waals surface area contributed by atoms with Crippen LogP contribution in [0.15, 0.2) is 0 Å². The highest BCUT2D eigenvalue weighted by molar-refractivity contribution is 7.11. The summed E-state index contributed by atoms with van der Waals surface area (Å²) >= 11 is 1.73. The Bertz CT molecular complexity index is 245. The van der Waals surface area contributed by atoms with Gasteiger partial charge in [-0.2, -0.15) is 0 Å². The summed E-state index contributed by atoms with van der Waals surface area (Å²) in [6, 6.07) is 0. The van der Waals surface area contributed by atoms with Crippen molar-refractivity contribution < 1.29 is 0 Å². The Morgan fingerprint density at radius 2 is 2.15 bits per heavy atom. The largest absolute Gasteiger partial charge is 0.317 e. The first-order valence-electron chi connectivity index (χ1n) is 4.77. The van der Waals surface area contributed by atoms with Gasteiger partial charge in [0.2, 0.25) is 0 Å². The lowest BCUT2D eigenvalue weighted by Crippen LogP contribution is -2.15. The molecule has 3 nitrogen and oxygen atoms in total. The first-order valence-corrected chi connectivity index (χ1v) is 5.58. The number of hydrogen-bond acceptors (Lipinski definition) is 4. The van der Waals surface area contributed by atoms with Gasteiger partial charge in [0.15, 0.2) is 0 Å². The highest BCUT2D eigenvalue weighted by atomic mass is 32.1. The van der Waals surface area contributed by atoms with Crippen LogP contribution in [0.3, 0.4) is 0 Å². The van der Waals surface area contributed by atoms with Crippen LogP contribution in [0.5, 0.6) is 0 Å². The minimum Gasteiger partial charge on any atom is -0.317 e. The molecule has 0 unspecified atom stereocenters. The van der Waals surface area contributed by atoms with E-state index in [1.165, 1.54) is 0 Å². The van der Waals surface area contributed by atoms with Crippen LogP contribution in [-0.2, 0) is 6.42 Å². The molecular weight excluding hydrogens is 182 g/mol. The average molecular weight is 199 g/mol. The number of nitrogens with zero attached hydrogens (tertiary/aromatic N) is 2. The van der Waals surface area contributed by atoms with E-state index in [0.717, 1.165) is 29.5 Å². The summed E-state index contributed by atoms with van der Waals surface area (Å²) in [5, 5.41) is 13.8. The van der Waals surface area contributed by atoms with Gasteiger partial charge in [-0.1, -0.05) is 20.8 Å². The molecule has 1 N–H and O–H groups in total. The predicted octanol–water partition coefficient (Wildman–Crippen LogP) is 1.81. The predicted molar refractivity (Wildman–Crippen MR) is 56.2 cm³/mol. The molecule has 0 atom stereocenters. The fourth-order valence-corrected chi connectivity index (χ4v) is 1.82. The van der Waals surface area contributed by atoms with Crippen molar-refractivity contribution in [3.8, 4) is 0 Å². The molecule has 0 amide bonds. The lowest BCUT2D eigenvalue weighted by Gasteiger charge is -1.96. The maximum Gasteiger partial charge on any atom is 0.119 e. The molecule has 0 spiro atoms. The van der Waals surface area contributed by atoms with E-state index in [1.807, 2.05) is 0 Å². The van der Waals surface area contributed by atoms with E-state index in [4.69, 9.17) is 0 Å². The van der Waals surface area contributed by atoms with Crippen molar-refractivity contribution in [1.29, 1.82) is 0 Å².